The summed E-state index contributed by atoms with van der Waals surface area (Å²) in [5.41, 5.74) is 8.31. The van der Waals surface area contributed by atoms with Gasteiger partial charge in [-0.05, 0) is 43.2 Å². The van der Waals surface area contributed by atoms with Gasteiger partial charge in [0.25, 0.3) is 5.91 Å². The number of methoxy groups -OCH3 is 1. The Balaban J connectivity index is 0.00000364. The Morgan fingerprint density at radius 3 is 2.48 bits per heavy atom. The van der Waals surface area contributed by atoms with E-state index < -0.39 is 0 Å². The van der Waals surface area contributed by atoms with Crippen LogP contribution in [-0.2, 0) is 6.54 Å². The van der Waals surface area contributed by atoms with E-state index in [0.29, 0.717) is 23.8 Å². The van der Waals surface area contributed by atoms with E-state index in [9.17, 15) is 4.79 Å². The van der Waals surface area contributed by atoms with Gasteiger partial charge in [-0.15, -0.1) is 24.0 Å². The van der Waals surface area contributed by atoms with Crippen LogP contribution >= 0.6 is 24.0 Å². The van der Waals surface area contributed by atoms with Crippen LogP contribution < -0.4 is 21.1 Å². The lowest BCUT2D eigenvalue weighted by atomic mass is 10.1. The van der Waals surface area contributed by atoms with E-state index in [1.165, 1.54) is 0 Å². The molecule has 7 heteroatoms. The van der Waals surface area contributed by atoms with Crippen molar-refractivity contribution in [2.24, 2.45) is 10.7 Å². The average Bonchev–Trinajstić information content (AvgIpc) is 2.67. The Hall–Kier alpha value is -2.29. The van der Waals surface area contributed by atoms with Crippen LogP contribution in [0.15, 0.2) is 53.5 Å². The van der Waals surface area contributed by atoms with Gasteiger partial charge in [0.05, 0.1) is 19.3 Å². The first-order valence-electron chi connectivity index (χ1n) is 8.63. The SMILES string of the molecule is CCC(C)NC(=O)c1ccc(CN=C(N)Nc2ccccc2OC)cc1.I. The number of carbonyl (C=O) groups excluding carboxylic acids is 1. The number of hydrogen-bond acceptors (Lipinski definition) is 3. The topological polar surface area (TPSA) is 88.7 Å². The Bertz CT molecular complexity index is 763. The van der Waals surface area contributed by atoms with Gasteiger partial charge in [-0.2, -0.15) is 0 Å². The summed E-state index contributed by atoms with van der Waals surface area (Å²) in [7, 11) is 1.60. The van der Waals surface area contributed by atoms with Crippen molar-refractivity contribution < 1.29 is 9.53 Å². The van der Waals surface area contributed by atoms with Crippen LogP contribution in [0.2, 0.25) is 0 Å². The number of para-hydroxylation sites is 2. The largest absolute Gasteiger partial charge is 0.495 e. The molecule has 0 spiro atoms. The highest BCUT2D eigenvalue weighted by Gasteiger charge is 2.08. The zero-order valence-electron chi connectivity index (χ0n) is 15.9. The summed E-state index contributed by atoms with van der Waals surface area (Å²) in [5.74, 6) is 0.933. The fraction of sp³-hybridized carbons (Fsp3) is 0.300. The molecule has 0 radical (unpaired) electrons. The number of halogens is 1. The van der Waals surface area contributed by atoms with Gasteiger partial charge in [-0.25, -0.2) is 4.99 Å². The van der Waals surface area contributed by atoms with Crippen molar-refractivity contribution in [2.45, 2.75) is 32.9 Å². The highest BCUT2D eigenvalue weighted by atomic mass is 127. The number of nitrogens with one attached hydrogen (secondary N) is 2. The molecule has 0 saturated heterocycles. The summed E-state index contributed by atoms with van der Waals surface area (Å²) < 4.78 is 5.27. The average molecular weight is 482 g/mol. The molecule has 0 fully saturated rings. The number of hydrogen-bond donors (Lipinski definition) is 3. The zero-order valence-corrected chi connectivity index (χ0v) is 18.2. The fourth-order valence-electron chi connectivity index (χ4n) is 2.27. The Morgan fingerprint density at radius 2 is 1.85 bits per heavy atom. The number of benzene rings is 2. The van der Waals surface area contributed by atoms with Crippen molar-refractivity contribution in [3.05, 3.63) is 59.7 Å². The van der Waals surface area contributed by atoms with Crippen LogP contribution in [0.1, 0.15) is 36.2 Å². The second kappa shape index (κ2) is 11.4. The Labute approximate surface area is 177 Å². The van der Waals surface area contributed by atoms with E-state index in [1.54, 1.807) is 19.2 Å². The van der Waals surface area contributed by atoms with Crippen molar-refractivity contribution in [3.63, 3.8) is 0 Å². The van der Waals surface area contributed by atoms with E-state index in [4.69, 9.17) is 10.5 Å². The maximum Gasteiger partial charge on any atom is 0.251 e. The summed E-state index contributed by atoms with van der Waals surface area (Å²) in [5, 5.41) is 5.97. The Kier molecular flexibility index (Phi) is 9.63. The summed E-state index contributed by atoms with van der Waals surface area (Å²) in [6, 6.07) is 15.0. The molecule has 0 aliphatic carbocycles. The van der Waals surface area contributed by atoms with E-state index in [0.717, 1.165) is 17.7 Å². The smallest absolute Gasteiger partial charge is 0.251 e. The molecule has 0 aromatic heterocycles. The molecular weight excluding hydrogens is 455 g/mol. The third kappa shape index (κ3) is 7.09. The number of nitrogens with two attached hydrogens (primary N) is 1. The summed E-state index contributed by atoms with van der Waals surface area (Å²) in [4.78, 5) is 16.4. The van der Waals surface area contributed by atoms with Gasteiger partial charge in [0.2, 0.25) is 0 Å². The van der Waals surface area contributed by atoms with Crippen molar-refractivity contribution in [1.29, 1.82) is 0 Å². The van der Waals surface area contributed by atoms with Gasteiger partial charge in [0.1, 0.15) is 5.75 Å². The van der Waals surface area contributed by atoms with Crippen molar-refractivity contribution in [1.82, 2.24) is 5.32 Å². The minimum absolute atomic E-state index is 0. The highest BCUT2D eigenvalue weighted by molar-refractivity contribution is 14.0. The second-order valence-electron chi connectivity index (χ2n) is 6.01. The van der Waals surface area contributed by atoms with E-state index in [1.807, 2.05) is 50.2 Å². The molecule has 2 aromatic rings. The molecule has 1 atom stereocenters. The van der Waals surface area contributed by atoms with Crippen LogP contribution in [0.25, 0.3) is 0 Å². The maximum atomic E-state index is 12.1. The predicted molar refractivity (Wildman–Crippen MR) is 121 cm³/mol. The lowest BCUT2D eigenvalue weighted by molar-refractivity contribution is 0.0939. The van der Waals surface area contributed by atoms with Gasteiger partial charge in [0, 0.05) is 11.6 Å². The first-order chi connectivity index (χ1) is 12.5. The lowest BCUT2D eigenvalue weighted by Crippen LogP contribution is -2.31. The molecule has 1 unspecified atom stereocenters. The van der Waals surface area contributed by atoms with E-state index in [2.05, 4.69) is 15.6 Å². The molecule has 2 aromatic carbocycles. The quantitative estimate of drug-likeness (QED) is 0.319. The number of aliphatic imine (C=N–C) groups is 1. The van der Waals surface area contributed by atoms with Gasteiger partial charge in [-0.3, -0.25) is 4.79 Å². The molecular formula is C20H27IN4O2. The first-order valence-corrected chi connectivity index (χ1v) is 8.63. The Morgan fingerprint density at radius 1 is 1.19 bits per heavy atom. The molecule has 0 bridgehead atoms. The molecule has 4 N–H and O–H groups in total. The third-order valence-corrected chi connectivity index (χ3v) is 4.01. The number of nitrogens with zero attached hydrogens (tertiary/aromatic N) is 1. The minimum atomic E-state index is -0.0632. The molecule has 27 heavy (non-hydrogen) atoms. The fourth-order valence-corrected chi connectivity index (χ4v) is 2.27. The molecule has 0 aliphatic rings. The van der Waals surface area contributed by atoms with Crippen molar-refractivity contribution >= 4 is 41.5 Å². The second-order valence-corrected chi connectivity index (χ2v) is 6.01. The van der Waals surface area contributed by atoms with Crippen LogP contribution in [0.3, 0.4) is 0 Å². The number of anilines is 1. The monoisotopic (exact) mass is 482 g/mol. The third-order valence-electron chi connectivity index (χ3n) is 4.01. The standard InChI is InChI=1S/C20H26N4O2.HI/c1-4-14(2)23-19(25)16-11-9-15(10-12-16)13-22-20(21)24-17-7-5-6-8-18(17)26-3;/h5-12,14H,4,13H2,1-3H3,(H,23,25)(H3,21,22,24);1H. The molecule has 0 aliphatic heterocycles. The predicted octanol–water partition coefficient (Wildman–Crippen LogP) is 3.77. The van der Waals surface area contributed by atoms with Gasteiger partial charge >= 0.3 is 0 Å². The van der Waals surface area contributed by atoms with E-state index in [-0.39, 0.29) is 35.9 Å². The highest BCUT2D eigenvalue weighted by Crippen LogP contribution is 2.22. The first kappa shape index (κ1) is 22.8. The summed E-state index contributed by atoms with van der Waals surface area (Å²) in [6.45, 7) is 4.44. The van der Waals surface area contributed by atoms with Gasteiger partial charge in [-0.1, -0.05) is 31.2 Å². The number of ether oxygens (including phenoxy) is 1. The molecule has 146 valence electrons. The summed E-state index contributed by atoms with van der Waals surface area (Å²) >= 11 is 0. The molecule has 0 saturated carbocycles. The normalized spacial score (nSPS) is 11.9. The number of rotatable bonds is 7. The van der Waals surface area contributed by atoms with Crippen LogP contribution in [0.5, 0.6) is 5.75 Å². The molecule has 0 heterocycles. The molecule has 2 rings (SSSR count). The molecule has 1 amide bonds. The maximum absolute atomic E-state index is 12.1. The number of carbonyl (C=O) groups is 1. The number of amides is 1. The van der Waals surface area contributed by atoms with Crippen molar-refractivity contribution in [3.8, 4) is 5.75 Å². The minimum Gasteiger partial charge on any atom is -0.495 e. The molecule has 6 nitrogen and oxygen atoms in total. The summed E-state index contributed by atoms with van der Waals surface area (Å²) in [6.07, 6.45) is 0.900. The van der Waals surface area contributed by atoms with Crippen LogP contribution in [0.4, 0.5) is 5.69 Å². The van der Waals surface area contributed by atoms with Crippen molar-refractivity contribution in [2.75, 3.05) is 12.4 Å². The zero-order chi connectivity index (χ0) is 18.9. The van der Waals surface area contributed by atoms with E-state index >= 15 is 0 Å². The van der Waals surface area contributed by atoms with Gasteiger partial charge < -0.3 is 21.1 Å². The number of guanidine groups is 1. The van der Waals surface area contributed by atoms with Crippen LogP contribution in [0, 0.1) is 0 Å². The van der Waals surface area contributed by atoms with Crippen LogP contribution in [-0.4, -0.2) is 25.0 Å². The lowest BCUT2D eigenvalue weighted by Gasteiger charge is -2.11. The van der Waals surface area contributed by atoms with Gasteiger partial charge in [0.15, 0.2) is 5.96 Å².